The summed E-state index contributed by atoms with van der Waals surface area (Å²) in [5.41, 5.74) is 1.04. The summed E-state index contributed by atoms with van der Waals surface area (Å²) in [6.07, 6.45) is 1.06. The summed E-state index contributed by atoms with van der Waals surface area (Å²) >= 11 is 0. The minimum Gasteiger partial charge on any atom is -0.465 e. The summed E-state index contributed by atoms with van der Waals surface area (Å²) in [5, 5.41) is 9.16. The van der Waals surface area contributed by atoms with Crippen LogP contribution in [0.25, 0.3) is 0 Å². The molecule has 0 aromatic heterocycles. The van der Waals surface area contributed by atoms with E-state index in [0.717, 1.165) is 18.4 Å². The van der Waals surface area contributed by atoms with Gasteiger partial charge < -0.3 is 10.0 Å². The monoisotopic (exact) mass is 221 g/mol. The molecule has 1 aromatic carbocycles. The Bertz CT molecular complexity index is 324. The zero-order valence-corrected chi connectivity index (χ0v) is 9.89. The average molecular weight is 221 g/mol. The fourth-order valence-electron chi connectivity index (χ4n) is 1.77. The number of carbonyl (C=O) groups is 1. The second-order valence-electron chi connectivity index (χ2n) is 4.03. The van der Waals surface area contributed by atoms with Crippen LogP contribution in [-0.4, -0.2) is 22.1 Å². The molecule has 0 fully saturated rings. The zero-order chi connectivity index (χ0) is 12.0. The zero-order valence-electron chi connectivity index (χ0n) is 9.89. The Hall–Kier alpha value is -1.51. The molecule has 1 aromatic rings. The first-order valence-corrected chi connectivity index (χ1v) is 5.68. The molecule has 0 aliphatic carbocycles. The van der Waals surface area contributed by atoms with Crippen molar-refractivity contribution in [3.05, 3.63) is 35.9 Å². The number of hydrogen-bond acceptors (Lipinski definition) is 1. The smallest absolute Gasteiger partial charge is 0.407 e. The van der Waals surface area contributed by atoms with E-state index in [1.807, 2.05) is 37.3 Å². The van der Waals surface area contributed by atoms with Crippen molar-refractivity contribution in [2.24, 2.45) is 0 Å². The molecular weight excluding hydrogens is 202 g/mol. The van der Waals surface area contributed by atoms with Gasteiger partial charge in [0.25, 0.3) is 0 Å². The van der Waals surface area contributed by atoms with Gasteiger partial charge in [0.05, 0.1) is 0 Å². The summed E-state index contributed by atoms with van der Waals surface area (Å²) in [6, 6.07) is 9.77. The van der Waals surface area contributed by atoms with Crippen molar-refractivity contribution in [1.82, 2.24) is 4.90 Å². The highest BCUT2D eigenvalue weighted by molar-refractivity contribution is 5.65. The van der Waals surface area contributed by atoms with E-state index in [0.29, 0.717) is 6.54 Å². The normalized spacial score (nSPS) is 12.1. The first-order valence-electron chi connectivity index (χ1n) is 5.68. The molecule has 0 radical (unpaired) electrons. The largest absolute Gasteiger partial charge is 0.465 e. The number of amides is 1. The van der Waals surface area contributed by atoms with Crippen molar-refractivity contribution >= 4 is 6.09 Å². The van der Waals surface area contributed by atoms with E-state index < -0.39 is 6.09 Å². The van der Waals surface area contributed by atoms with E-state index in [-0.39, 0.29) is 6.04 Å². The summed E-state index contributed by atoms with van der Waals surface area (Å²) < 4.78 is 0. The topological polar surface area (TPSA) is 40.5 Å². The third-order valence-corrected chi connectivity index (χ3v) is 2.68. The van der Waals surface area contributed by atoms with E-state index in [1.54, 1.807) is 0 Å². The van der Waals surface area contributed by atoms with Gasteiger partial charge in [0.2, 0.25) is 0 Å². The lowest BCUT2D eigenvalue weighted by molar-refractivity contribution is 0.121. The molecule has 1 unspecified atom stereocenters. The van der Waals surface area contributed by atoms with Gasteiger partial charge in [0, 0.05) is 12.6 Å². The van der Waals surface area contributed by atoms with Crippen LogP contribution in [0.4, 0.5) is 4.79 Å². The standard InChI is InChI=1S/C13H19NO2/c1-3-7-11(2)14(13(15)16)10-12-8-5-4-6-9-12/h4-6,8-9,11H,3,7,10H2,1-2H3,(H,15,16). The lowest BCUT2D eigenvalue weighted by Crippen LogP contribution is -2.36. The predicted molar refractivity (Wildman–Crippen MR) is 64.4 cm³/mol. The molecule has 0 spiro atoms. The molecule has 0 saturated carbocycles. The van der Waals surface area contributed by atoms with Crippen LogP contribution in [0.3, 0.4) is 0 Å². The molecule has 0 saturated heterocycles. The Morgan fingerprint density at radius 1 is 1.38 bits per heavy atom. The molecule has 16 heavy (non-hydrogen) atoms. The Morgan fingerprint density at radius 2 is 2.00 bits per heavy atom. The van der Waals surface area contributed by atoms with E-state index in [1.165, 1.54) is 4.90 Å². The Morgan fingerprint density at radius 3 is 2.50 bits per heavy atom. The fourth-order valence-corrected chi connectivity index (χ4v) is 1.77. The van der Waals surface area contributed by atoms with Crippen molar-refractivity contribution in [1.29, 1.82) is 0 Å². The molecule has 3 heteroatoms. The Kier molecular flexibility index (Phi) is 4.83. The Balaban J connectivity index is 2.69. The van der Waals surface area contributed by atoms with E-state index in [2.05, 4.69) is 6.92 Å². The molecule has 1 amide bonds. The highest BCUT2D eigenvalue weighted by atomic mass is 16.4. The van der Waals surface area contributed by atoms with Gasteiger partial charge in [-0.15, -0.1) is 0 Å². The van der Waals surface area contributed by atoms with Crippen LogP contribution in [0.1, 0.15) is 32.3 Å². The number of benzene rings is 1. The van der Waals surface area contributed by atoms with Crippen molar-refractivity contribution in [2.75, 3.05) is 0 Å². The van der Waals surface area contributed by atoms with Gasteiger partial charge in [-0.05, 0) is 18.9 Å². The quantitative estimate of drug-likeness (QED) is 0.828. The van der Waals surface area contributed by atoms with Gasteiger partial charge in [-0.3, -0.25) is 0 Å². The van der Waals surface area contributed by atoms with Crippen LogP contribution in [0.2, 0.25) is 0 Å². The highest BCUT2D eigenvalue weighted by Crippen LogP contribution is 2.12. The maximum Gasteiger partial charge on any atom is 0.407 e. The molecule has 0 aliphatic rings. The summed E-state index contributed by atoms with van der Waals surface area (Å²) in [4.78, 5) is 12.6. The van der Waals surface area contributed by atoms with Crippen LogP contribution >= 0.6 is 0 Å². The Labute approximate surface area is 96.7 Å². The van der Waals surface area contributed by atoms with E-state index >= 15 is 0 Å². The second kappa shape index (κ2) is 6.16. The second-order valence-corrected chi connectivity index (χ2v) is 4.03. The van der Waals surface area contributed by atoms with Gasteiger partial charge in [-0.25, -0.2) is 4.79 Å². The number of rotatable bonds is 5. The molecule has 0 bridgehead atoms. The van der Waals surface area contributed by atoms with Crippen molar-refractivity contribution in [3.63, 3.8) is 0 Å². The van der Waals surface area contributed by atoms with Crippen molar-refractivity contribution in [2.45, 2.75) is 39.3 Å². The van der Waals surface area contributed by atoms with Crippen LogP contribution in [0.5, 0.6) is 0 Å². The lowest BCUT2D eigenvalue weighted by Gasteiger charge is -2.26. The van der Waals surface area contributed by atoms with Crippen LogP contribution in [0.15, 0.2) is 30.3 Å². The minimum absolute atomic E-state index is 0.0720. The minimum atomic E-state index is -0.843. The summed E-state index contributed by atoms with van der Waals surface area (Å²) in [5.74, 6) is 0. The van der Waals surface area contributed by atoms with Crippen molar-refractivity contribution < 1.29 is 9.90 Å². The van der Waals surface area contributed by atoms with Crippen LogP contribution in [0, 0.1) is 0 Å². The van der Waals surface area contributed by atoms with Gasteiger partial charge in [0.15, 0.2) is 0 Å². The number of nitrogens with zero attached hydrogens (tertiary/aromatic N) is 1. The lowest BCUT2D eigenvalue weighted by atomic mass is 10.1. The number of hydrogen-bond donors (Lipinski definition) is 1. The summed E-state index contributed by atoms with van der Waals surface area (Å²) in [7, 11) is 0. The molecule has 3 nitrogen and oxygen atoms in total. The van der Waals surface area contributed by atoms with Gasteiger partial charge in [-0.2, -0.15) is 0 Å². The van der Waals surface area contributed by atoms with E-state index in [4.69, 9.17) is 5.11 Å². The fraction of sp³-hybridized carbons (Fsp3) is 0.462. The van der Waals surface area contributed by atoms with Gasteiger partial charge in [0.1, 0.15) is 0 Å². The predicted octanol–water partition coefficient (Wildman–Crippen LogP) is 3.36. The molecule has 1 atom stereocenters. The van der Waals surface area contributed by atoms with E-state index in [9.17, 15) is 4.79 Å². The molecular formula is C13H19NO2. The average Bonchev–Trinajstić information content (AvgIpc) is 2.27. The first-order chi connectivity index (χ1) is 7.65. The van der Waals surface area contributed by atoms with Gasteiger partial charge >= 0.3 is 6.09 Å². The maximum absolute atomic E-state index is 11.1. The SMILES string of the molecule is CCCC(C)N(Cc1ccccc1)C(=O)O. The maximum atomic E-state index is 11.1. The van der Waals surface area contributed by atoms with Crippen LogP contribution in [-0.2, 0) is 6.54 Å². The molecule has 1 rings (SSSR count). The molecule has 0 heterocycles. The highest BCUT2D eigenvalue weighted by Gasteiger charge is 2.18. The number of carboxylic acid groups (broad SMARTS) is 1. The third kappa shape index (κ3) is 3.57. The van der Waals surface area contributed by atoms with Crippen molar-refractivity contribution in [3.8, 4) is 0 Å². The molecule has 1 N–H and O–H groups in total. The van der Waals surface area contributed by atoms with Gasteiger partial charge in [-0.1, -0.05) is 43.7 Å². The summed E-state index contributed by atoms with van der Waals surface area (Å²) in [6.45, 7) is 4.50. The van der Waals surface area contributed by atoms with Crippen LogP contribution < -0.4 is 0 Å². The molecule has 0 aliphatic heterocycles. The first kappa shape index (κ1) is 12.6. The molecule has 88 valence electrons. The third-order valence-electron chi connectivity index (χ3n) is 2.68.